The number of hydrogen-bond acceptors (Lipinski definition) is 5. The summed E-state index contributed by atoms with van der Waals surface area (Å²) in [5.74, 6) is -0.917. The van der Waals surface area contributed by atoms with Crippen molar-refractivity contribution in [2.75, 3.05) is 0 Å². The van der Waals surface area contributed by atoms with Gasteiger partial charge in [-0.25, -0.2) is 5.43 Å². The minimum atomic E-state index is -0.669. The maximum atomic E-state index is 12.8. The van der Waals surface area contributed by atoms with Crippen LogP contribution in [0.15, 0.2) is 84.0 Å². The van der Waals surface area contributed by atoms with Crippen LogP contribution in [0.25, 0.3) is 0 Å². The van der Waals surface area contributed by atoms with Gasteiger partial charge in [0.2, 0.25) is 5.91 Å². The molecule has 0 aliphatic heterocycles. The van der Waals surface area contributed by atoms with Crippen molar-refractivity contribution in [2.24, 2.45) is 11.0 Å². The first kappa shape index (κ1) is 19.3. The lowest BCUT2D eigenvalue weighted by atomic mass is 9.85. The molecule has 0 spiro atoms. The van der Waals surface area contributed by atoms with Crippen molar-refractivity contribution in [1.82, 2.24) is 5.43 Å². The minimum absolute atomic E-state index is 0.204. The molecule has 150 valence electrons. The molecule has 1 fully saturated rings. The zero-order valence-electron chi connectivity index (χ0n) is 15.9. The third-order valence-corrected chi connectivity index (χ3v) is 5.44. The molecule has 1 atom stereocenters. The number of hydrogen-bond donors (Lipinski definition) is 2. The van der Waals surface area contributed by atoms with E-state index in [0.29, 0.717) is 12.0 Å². The summed E-state index contributed by atoms with van der Waals surface area (Å²) < 4.78 is 0. The average molecular weight is 401 g/mol. The number of nitro groups is 1. The number of phenols is 1. The molecule has 1 aliphatic carbocycles. The van der Waals surface area contributed by atoms with Gasteiger partial charge in [0.05, 0.1) is 17.1 Å². The summed E-state index contributed by atoms with van der Waals surface area (Å²) in [7, 11) is 0. The normalized spacial score (nSPS) is 16.9. The average Bonchev–Trinajstić information content (AvgIpc) is 3.52. The third-order valence-electron chi connectivity index (χ3n) is 5.44. The molecule has 0 unspecified atom stereocenters. The van der Waals surface area contributed by atoms with Gasteiger partial charge in [0.15, 0.2) is 5.75 Å². The third kappa shape index (κ3) is 3.53. The van der Waals surface area contributed by atoms with E-state index in [1.807, 2.05) is 60.7 Å². The number of hydrazone groups is 1. The van der Waals surface area contributed by atoms with Crippen LogP contribution in [0, 0.1) is 16.0 Å². The van der Waals surface area contributed by atoms with Crippen molar-refractivity contribution < 1.29 is 14.8 Å². The topological polar surface area (TPSA) is 105 Å². The van der Waals surface area contributed by atoms with E-state index in [4.69, 9.17) is 0 Å². The van der Waals surface area contributed by atoms with Crippen molar-refractivity contribution in [3.05, 3.63) is 106 Å². The van der Waals surface area contributed by atoms with E-state index in [2.05, 4.69) is 10.5 Å². The molecule has 3 aromatic carbocycles. The number of benzene rings is 3. The summed E-state index contributed by atoms with van der Waals surface area (Å²) in [6.07, 6.45) is 2.02. The SMILES string of the molecule is O=C(N/N=C\c1ccc([N+](=O)[O-])c(O)c1)[C@H]1CC1(c1ccccc1)c1ccccc1. The van der Waals surface area contributed by atoms with Crippen molar-refractivity contribution in [3.63, 3.8) is 0 Å². The van der Waals surface area contributed by atoms with Crippen LogP contribution in [-0.2, 0) is 10.2 Å². The molecule has 1 saturated carbocycles. The number of rotatable bonds is 6. The van der Waals surface area contributed by atoms with Gasteiger partial charge >= 0.3 is 5.69 Å². The van der Waals surface area contributed by atoms with Gasteiger partial charge < -0.3 is 5.11 Å². The Hall–Kier alpha value is -4.00. The first-order valence-corrected chi connectivity index (χ1v) is 9.44. The van der Waals surface area contributed by atoms with Gasteiger partial charge in [-0.3, -0.25) is 14.9 Å². The fourth-order valence-corrected chi connectivity index (χ4v) is 3.88. The second kappa shape index (κ2) is 7.79. The van der Waals surface area contributed by atoms with Gasteiger partial charge in [0.25, 0.3) is 0 Å². The lowest BCUT2D eigenvalue weighted by Gasteiger charge is -2.18. The monoisotopic (exact) mass is 401 g/mol. The molecule has 2 N–H and O–H groups in total. The number of nitrogens with one attached hydrogen (secondary N) is 1. The van der Waals surface area contributed by atoms with Gasteiger partial charge in [-0.15, -0.1) is 0 Å². The van der Waals surface area contributed by atoms with Gasteiger partial charge in [-0.1, -0.05) is 60.7 Å². The van der Waals surface area contributed by atoms with Crippen LogP contribution >= 0.6 is 0 Å². The highest BCUT2D eigenvalue weighted by Gasteiger charge is 2.60. The Morgan fingerprint density at radius 1 is 1.07 bits per heavy atom. The lowest BCUT2D eigenvalue weighted by Crippen LogP contribution is -2.25. The Morgan fingerprint density at radius 3 is 2.20 bits per heavy atom. The largest absolute Gasteiger partial charge is 0.502 e. The first-order chi connectivity index (χ1) is 14.5. The number of nitro benzene ring substituents is 1. The molecule has 4 rings (SSSR count). The summed E-state index contributed by atoms with van der Waals surface area (Å²) in [4.78, 5) is 22.9. The van der Waals surface area contributed by atoms with Crippen LogP contribution in [0.3, 0.4) is 0 Å². The number of amides is 1. The molecule has 0 radical (unpaired) electrons. The number of carbonyl (C=O) groups excluding carboxylic acids is 1. The highest BCUT2D eigenvalue weighted by molar-refractivity contribution is 5.88. The van der Waals surface area contributed by atoms with E-state index in [-0.39, 0.29) is 22.9 Å². The van der Waals surface area contributed by atoms with Gasteiger partial charge in [0, 0.05) is 11.5 Å². The second-order valence-electron chi connectivity index (χ2n) is 7.20. The van der Waals surface area contributed by atoms with Gasteiger partial charge in [-0.05, 0) is 35.2 Å². The smallest absolute Gasteiger partial charge is 0.310 e. The summed E-state index contributed by atoms with van der Waals surface area (Å²) in [5.41, 5.74) is 4.40. The van der Waals surface area contributed by atoms with Crippen LogP contribution in [0.5, 0.6) is 5.75 Å². The van der Waals surface area contributed by atoms with E-state index < -0.39 is 10.7 Å². The van der Waals surface area contributed by atoms with Crippen molar-refractivity contribution in [1.29, 1.82) is 0 Å². The van der Waals surface area contributed by atoms with Crippen LogP contribution in [0.1, 0.15) is 23.1 Å². The van der Waals surface area contributed by atoms with Crippen LogP contribution in [0.2, 0.25) is 0 Å². The standard InChI is InChI=1S/C23H19N3O4/c27-21-13-16(11-12-20(21)26(29)30)15-24-25-22(28)19-14-23(19,17-7-3-1-4-8-17)18-9-5-2-6-10-18/h1-13,15,19,27H,14H2,(H,25,28)/b24-15-/t19-/m1/s1. The Kier molecular flexibility index (Phi) is 5.02. The van der Waals surface area contributed by atoms with Crippen molar-refractivity contribution in [3.8, 4) is 5.75 Å². The molecule has 7 nitrogen and oxygen atoms in total. The molecule has 0 saturated heterocycles. The molecule has 7 heteroatoms. The molecule has 1 aliphatic rings. The number of nitrogens with zero attached hydrogens (tertiary/aromatic N) is 2. The summed E-state index contributed by atoms with van der Waals surface area (Å²) in [6.45, 7) is 0. The summed E-state index contributed by atoms with van der Waals surface area (Å²) >= 11 is 0. The van der Waals surface area contributed by atoms with E-state index in [9.17, 15) is 20.0 Å². The van der Waals surface area contributed by atoms with Gasteiger partial charge in [-0.2, -0.15) is 5.10 Å². The van der Waals surface area contributed by atoms with E-state index in [0.717, 1.165) is 11.1 Å². The molecule has 30 heavy (non-hydrogen) atoms. The Bertz CT molecular complexity index is 1070. The Morgan fingerprint density at radius 2 is 1.67 bits per heavy atom. The molecular weight excluding hydrogens is 382 g/mol. The highest BCUT2D eigenvalue weighted by atomic mass is 16.6. The van der Waals surface area contributed by atoms with Crippen LogP contribution < -0.4 is 5.43 Å². The molecule has 1 amide bonds. The lowest BCUT2D eigenvalue weighted by molar-refractivity contribution is -0.385. The van der Waals surface area contributed by atoms with Crippen molar-refractivity contribution >= 4 is 17.8 Å². The first-order valence-electron chi connectivity index (χ1n) is 9.44. The Labute approximate surface area is 172 Å². The van der Waals surface area contributed by atoms with Gasteiger partial charge in [0.1, 0.15) is 0 Å². The number of carbonyl (C=O) groups is 1. The number of phenolic OH excluding ortho intramolecular Hbond substituents is 1. The second-order valence-corrected chi connectivity index (χ2v) is 7.20. The summed E-state index contributed by atoms with van der Waals surface area (Å²) in [5, 5.41) is 24.4. The Balaban J connectivity index is 1.51. The maximum absolute atomic E-state index is 12.8. The van der Waals surface area contributed by atoms with Crippen LogP contribution in [-0.4, -0.2) is 22.2 Å². The zero-order chi connectivity index (χ0) is 21.1. The predicted octanol–water partition coefficient (Wildman–Crippen LogP) is 3.76. The quantitative estimate of drug-likeness (QED) is 0.373. The fourth-order valence-electron chi connectivity index (χ4n) is 3.88. The van der Waals surface area contributed by atoms with E-state index >= 15 is 0 Å². The van der Waals surface area contributed by atoms with Crippen molar-refractivity contribution in [2.45, 2.75) is 11.8 Å². The van der Waals surface area contributed by atoms with E-state index in [1.165, 1.54) is 24.4 Å². The molecule has 0 bridgehead atoms. The zero-order valence-corrected chi connectivity index (χ0v) is 15.9. The predicted molar refractivity (Wildman–Crippen MR) is 112 cm³/mol. The number of aromatic hydroxyl groups is 1. The molecule has 0 aromatic heterocycles. The molecular formula is C23H19N3O4. The molecule has 3 aromatic rings. The highest BCUT2D eigenvalue weighted by Crippen LogP contribution is 2.58. The fraction of sp³-hybridized carbons (Fsp3) is 0.130. The van der Waals surface area contributed by atoms with E-state index in [1.54, 1.807) is 0 Å². The van der Waals surface area contributed by atoms with Crippen LogP contribution in [0.4, 0.5) is 5.69 Å². The summed E-state index contributed by atoms with van der Waals surface area (Å²) in [6, 6.07) is 23.7. The minimum Gasteiger partial charge on any atom is -0.502 e. The molecule has 0 heterocycles. The maximum Gasteiger partial charge on any atom is 0.310 e.